The first-order valence-electron chi connectivity index (χ1n) is 7.78. The summed E-state index contributed by atoms with van der Waals surface area (Å²) < 4.78 is 2.39. The minimum atomic E-state index is 0.299. The van der Waals surface area contributed by atoms with Gasteiger partial charge >= 0.3 is 0 Å². The fourth-order valence-corrected chi connectivity index (χ4v) is 3.52. The van der Waals surface area contributed by atoms with Gasteiger partial charge < -0.3 is 14.8 Å². The summed E-state index contributed by atoms with van der Waals surface area (Å²) in [4.78, 5) is 2.28. The summed E-state index contributed by atoms with van der Waals surface area (Å²) in [6, 6.07) is 11.1. The van der Waals surface area contributed by atoms with Gasteiger partial charge in [-0.2, -0.15) is 0 Å². The van der Waals surface area contributed by atoms with Crippen LogP contribution in [0.2, 0.25) is 0 Å². The van der Waals surface area contributed by atoms with Crippen molar-refractivity contribution in [3.05, 3.63) is 52.8 Å². The Morgan fingerprint density at radius 2 is 1.91 bits per heavy atom. The van der Waals surface area contributed by atoms with Crippen molar-refractivity contribution in [1.29, 1.82) is 0 Å². The van der Waals surface area contributed by atoms with Crippen molar-refractivity contribution < 1.29 is 0 Å². The van der Waals surface area contributed by atoms with E-state index in [-0.39, 0.29) is 0 Å². The highest BCUT2D eigenvalue weighted by atomic mass is 32.1. The molecule has 0 bridgehead atoms. The Morgan fingerprint density at radius 3 is 2.68 bits per heavy atom. The van der Waals surface area contributed by atoms with Crippen LogP contribution in [0, 0.1) is 20.8 Å². The minimum absolute atomic E-state index is 0.299. The highest BCUT2D eigenvalue weighted by Crippen LogP contribution is 2.28. The third-order valence-electron chi connectivity index (χ3n) is 4.59. The summed E-state index contributed by atoms with van der Waals surface area (Å²) in [7, 11) is 0. The van der Waals surface area contributed by atoms with E-state index >= 15 is 0 Å². The molecule has 1 atom stereocenters. The number of aryl methyl sites for hydroxylation is 3. The summed E-state index contributed by atoms with van der Waals surface area (Å²) >= 11 is 5.68. The first-order valence-corrected chi connectivity index (χ1v) is 8.19. The summed E-state index contributed by atoms with van der Waals surface area (Å²) in [5.74, 6) is 0. The van der Waals surface area contributed by atoms with Gasteiger partial charge in [0.1, 0.15) is 0 Å². The minimum Gasteiger partial charge on any atom is -0.345 e. The van der Waals surface area contributed by atoms with E-state index in [0.29, 0.717) is 6.04 Å². The maximum absolute atomic E-state index is 5.68. The third kappa shape index (κ3) is 2.63. The molecule has 0 saturated carbocycles. The molecule has 1 aliphatic rings. The molecule has 4 heteroatoms. The van der Waals surface area contributed by atoms with Crippen molar-refractivity contribution in [3.8, 4) is 0 Å². The van der Waals surface area contributed by atoms with Crippen LogP contribution >= 0.6 is 12.2 Å². The fraction of sp³-hybridized carbons (Fsp3) is 0.389. The van der Waals surface area contributed by atoms with E-state index in [9.17, 15) is 0 Å². The monoisotopic (exact) mass is 313 g/mol. The molecule has 1 aliphatic heterocycles. The number of hydrogen-bond donors (Lipinski definition) is 1. The second-order valence-electron chi connectivity index (χ2n) is 6.17. The quantitative estimate of drug-likeness (QED) is 0.797. The number of nitrogens with zero attached hydrogens (tertiary/aromatic N) is 2. The molecule has 3 nitrogen and oxygen atoms in total. The lowest BCUT2D eigenvalue weighted by Crippen LogP contribution is -2.43. The number of anilines is 1. The Morgan fingerprint density at radius 1 is 1.14 bits per heavy atom. The van der Waals surface area contributed by atoms with Gasteiger partial charge in [-0.05, 0) is 69.2 Å². The van der Waals surface area contributed by atoms with Crippen molar-refractivity contribution in [2.45, 2.75) is 40.3 Å². The zero-order valence-corrected chi connectivity index (χ0v) is 14.5. The second kappa shape index (κ2) is 5.76. The number of hydrogen-bond acceptors (Lipinski definition) is 1. The van der Waals surface area contributed by atoms with Gasteiger partial charge in [0.25, 0.3) is 0 Å². The number of nitrogens with one attached hydrogen (secondary N) is 1. The van der Waals surface area contributed by atoms with E-state index in [1.54, 1.807) is 0 Å². The number of thiocarbonyl (C=S) groups is 1. The van der Waals surface area contributed by atoms with Gasteiger partial charge in [-0.25, -0.2) is 0 Å². The predicted octanol–water partition coefficient (Wildman–Crippen LogP) is 4.19. The van der Waals surface area contributed by atoms with Gasteiger partial charge in [-0.15, -0.1) is 0 Å². The predicted molar refractivity (Wildman–Crippen MR) is 96.4 cm³/mol. The molecule has 0 unspecified atom stereocenters. The Balaban J connectivity index is 1.80. The lowest BCUT2D eigenvalue weighted by Gasteiger charge is -2.37. The van der Waals surface area contributed by atoms with Crippen molar-refractivity contribution in [1.82, 2.24) is 9.47 Å². The topological polar surface area (TPSA) is 20.2 Å². The lowest BCUT2D eigenvalue weighted by atomic mass is 10.1. The highest BCUT2D eigenvalue weighted by Gasteiger charge is 2.26. The Hall–Kier alpha value is -1.81. The van der Waals surface area contributed by atoms with Crippen molar-refractivity contribution >= 4 is 23.0 Å². The molecule has 0 saturated heterocycles. The van der Waals surface area contributed by atoms with Crippen LogP contribution in [-0.4, -0.2) is 21.1 Å². The molecule has 0 fully saturated rings. The van der Waals surface area contributed by atoms with Gasteiger partial charge in [-0.3, -0.25) is 0 Å². The first kappa shape index (κ1) is 15.1. The summed E-state index contributed by atoms with van der Waals surface area (Å²) in [6.45, 7) is 10.5. The maximum Gasteiger partial charge on any atom is 0.174 e. The largest absolute Gasteiger partial charge is 0.345 e. The molecular formula is C18H23N3S. The van der Waals surface area contributed by atoms with Crippen LogP contribution in [0.3, 0.4) is 0 Å². The second-order valence-corrected chi connectivity index (χ2v) is 6.56. The molecule has 0 amide bonds. The average molecular weight is 313 g/mol. The molecule has 2 heterocycles. The van der Waals surface area contributed by atoms with Crippen molar-refractivity contribution in [3.63, 3.8) is 0 Å². The van der Waals surface area contributed by atoms with Crippen LogP contribution in [0.25, 0.3) is 0 Å². The molecule has 0 spiro atoms. The van der Waals surface area contributed by atoms with Gasteiger partial charge in [0.2, 0.25) is 0 Å². The number of fused-ring (bicyclic) bond motifs is 1. The van der Waals surface area contributed by atoms with Crippen molar-refractivity contribution in [2.75, 3.05) is 11.9 Å². The fourth-order valence-electron chi connectivity index (χ4n) is 3.16. The standard InChI is InChI=1S/C18H23N3S/c1-12-5-6-13(2)16(11-12)19-18(22)21-10-9-20-14(3)7-8-17(20)15(21)4/h5-8,11,15H,9-10H2,1-4H3,(H,19,22)/t15-/m1/s1. The van der Waals surface area contributed by atoms with Crippen LogP contribution < -0.4 is 5.32 Å². The smallest absolute Gasteiger partial charge is 0.174 e. The molecule has 0 radical (unpaired) electrons. The molecule has 116 valence electrons. The van der Waals surface area contributed by atoms with E-state index in [4.69, 9.17) is 12.2 Å². The van der Waals surface area contributed by atoms with Crippen LogP contribution in [0.1, 0.15) is 35.5 Å². The molecule has 1 N–H and O–H groups in total. The molecule has 2 aromatic rings. The molecule has 0 aliphatic carbocycles. The van der Waals surface area contributed by atoms with Crippen molar-refractivity contribution in [2.24, 2.45) is 0 Å². The lowest BCUT2D eigenvalue weighted by molar-refractivity contribution is 0.274. The Bertz CT molecular complexity index is 717. The highest BCUT2D eigenvalue weighted by molar-refractivity contribution is 7.80. The zero-order valence-electron chi connectivity index (χ0n) is 13.7. The summed E-state index contributed by atoms with van der Waals surface area (Å²) in [6.07, 6.45) is 0. The van der Waals surface area contributed by atoms with Crippen LogP contribution in [0.5, 0.6) is 0 Å². The van der Waals surface area contributed by atoms with Gasteiger partial charge in [0.05, 0.1) is 6.04 Å². The zero-order chi connectivity index (χ0) is 15.9. The van der Waals surface area contributed by atoms with Crippen LogP contribution in [0.4, 0.5) is 5.69 Å². The SMILES string of the molecule is Cc1ccc(C)c(NC(=S)N2CCn3c(C)ccc3[C@H]2C)c1. The molecule has 1 aromatic heterocycles. The van der Waals surface area contributed by atoms with Crippen LogP contribution in [-0.2, 0) is 6.54 Å². The van der Waals surface area contributed by atoms with E-state index in [1.807, 2.05) is 0 Å². The summed E-state index contributed by atoms with van der Waals surface area (Å²) in [5.41, 5.74) is 6.24. The number of aromatic nitrogens is 1. The molecule has 22 heavy (non-hydrogen) atoms. The van der Waals surface area contributed by atoms with Gasteiger partial charge in [0, 0.05) is 30.2 Å². The number of benzene rings is 1. The molecule has 3 rings (SSSR count). The Kier molecular flexibility index (Phi) is 3.96. The van der Waals surface area contributed by atoms with Gasteiger partial charge in [-0.1, -0.05) is 12.1 Å². The Labute approximate surface area is 137 Å². The summed E-state index contributed by atoms with van der Waals surface area (Å²) in [5, 5.41) is 4.25. The first-order chi connectivity index (χ1) is 10.5. The molecule has 1 aromatic carbocycles. The molecular weight excluding hydrogens is 290 g/mol. The average Bonchev–Trinajstić information content (AvgIpc) is 2.86. The number of rotatable bonds is 1. The van der Waals surface area contributed by atoms with E-state index in [0.717, 1.165) is 23.9 Å². The van der Waals surface area contributed by atoms with Gasteiger partial charge in [0.15, 0.2) is 5.11 Å². The van der Waals surface area contributed by atoms with E-state index in [1.165, 1.54) is 22.5 Å². The third-order valence-corrected chi connectivity index (χ3v) is 4.92. The maximum atomic E-state index is 5.68. The van der Waals surface area contributed by atoms with E-state index in [2.05, 4.69) is 72.8 Å². The van der Waals surface area contributed by atoms with Crippen LogP contribution in [0.15, 0.2) is 30.3 Å². The van der Waals surface area contributed by atoms with E-state index < -0.39 is 0 Å². The normalized spacial score (nSPS) is 17.3.